The van der Waals surface area contributed by atoms with E-state index >= 15 is 0 Å². The molecule has 12 nitrogen and oxygen atoms in total. The Morgan fingerprint density at radius 1 is 0.264 bits per heavy atom. The van der Waals surface area contributed by atoms with Crippen molar-refractivity contribution in [3.05, 3.63) is 0 Å². The van der Waals surface area contributed by atoms with Crippen LogP contribution in [0.4, 0.5) is 0 Å². The second-order valence-corrected chi connectivity index (χ2v) is 28.4. The Morgan fingerprint density at radius 3 is 0.747 bits per heavy atom. The molecule has 0 saturated carbocycles. The maximum Gasteiger partial charge on any atom is 0.234 e. The molecule has 0 aliphatic rings. The quantitative estimate of drug-likeness (QED) is 0.0327. The highest BCUT2D eigenvalue weighted by atomic mass is 16.3. The third-order valence-corrected chi connectivity index (χ3v) is 19.0. The number of hydrogen-bond acceptors (Lipinski definition) is 9. The lowest BCUT2D eigenvalue weighted by Gasteiger charge is -2.29. The third kappa shape index (κ3) is 69.3. The summed E-state index contributed by atoms with van der Waals surface area (Å²) in [6.45, 7) is 19.2. The first kappa shape index (κ1) is 89.2. The van der Waals surface area contributed by atoms with Gasteiger partial charge in [0.05, 0.1) is 31.8 Å². The number of nitrogens with zero attached hydrogens (tertiary/aromatic N) is 3. The predicted molar refractivity (Wildman–Crippen MR) is 396 cm³/mol. The molecule has 0 aromatic rings. The smallest absolute Gasteiger partial charge is 0.234 e. The number of aliphatic hydroxyl groups is 2. The van der Waals surface area contributed by atoms with E-state index in [4.69, 9.17) is 0 Å². The van der Waals surface area contributed by atoms with Crippen LogP contribution in [0, 0.1) is 0 Å². The van der Waals surface area contributed by atoms with E-state index in [1.165, 1.54) is 289 Å². The summed E-state index contributed by atoms with van der Waals surface area (Å²) in [5.74, 6) is -0.137. The van der Waals surface area contributed by atoms with Crippen molar-refractivity contribution in [3.63, 3.8) is 0 Å². The summed E-state index contributed by atoms with van der Waals surface area (Å²) >= 11 is 0. The van der Waals surface area contributed by atoms with Crippen LogP contribution >= 0.6 is 0 Å². The van der Waals surface area contributed by atoms with Gasteiger partial charge in [-0.15, -0.1) is 0 Å². The van der Waals surface area contributed by atoms with Crippen molar-refractivity contribution >= 4 is 17.7 Å². The lowest BCUT2D eigenvalue weighted by molar-refractivity contribution is -0.126. The SMILES string of the molecule is CCCCCCCCCCCCCCN(CCCCN(CCCCCCCCCCCCCC)CC(O)CN(CC(=O)NCCCCCCCCCCC)CC(=O)NCCCCCCCCCCCC)CC(O)CNCC(=O)NCCCCCCCCCCCC. The topological polar surface area (TPSA) is 150 Å². The molecule has 0 fully saturated rings. The summed E-state index contributed by atoms with van der Waals surface area (Å²) in [4.78, 5) is 46.6. The van der Waals surface area contributed by atoms with Crippen LogP contribution in [-0.4, -0.2) is 146 Å². The van der Waals surface area contributed by atoms with E-state index in [-0.39, 0.29) is 43.9 Å². The van der Waals surface area contributed by atoms with Crippen molar-refractivity contribution in [1.82, 2.24) is 36.0 Å². The molecule has 0 aromatic heterocycles. The maximum absolute atomic E-state index is 13.5. The van der Waals surface area contributed by atoms with Crippen LogP contribution in [0.3, 0.4) is 0 Å². The summed E-state index contributed by atoms with van der Waals surface area (Å²) in [5, 5.41) is 36.0. The van der Waals surface area contributed by atoms with E-state index < -0.39 is 12.2 Å². The van der Waals surface area contributed by atoms with Crippen LogP contribution < -0.4 is 21.3 Å². The normalized spacial score (nSPS) is 12.5. The van der Waals surface area contributed by atoms with Gasteiger partial charge in [0.15, 0.2) is 0 Å². The van der Waals surface area contributed by atoms with E-state index in [1.807, 2.05) is 4.90 Å². The second-order valence-electron chi connectivity index (χ2n) is 28.4. The highest BCUT2D eigenvalue weighted by Crippen LogP contribution is 2.17. The molecule has 6 N–H and O–H groups in total. The first-order valence-electron chi connectivity index (χ1n) is 40.7. The average Bonchev–Trinajstić information content (AvgIpc) is 3.34. The van der Waals surface area contributed by atoms with Crippen molar-refractivity contribution in [2.45, 2.75) is 400 Å². The highest BCUT2D eigenvalue weighted by molar-refractivity contribution is 5.81. The molecule has 0 bridgehead atoms. The maximum atomic E-state index is 13.5. The van der Waals surface area contributed by atoms with Crippen molar-refractivity contribution in [2.75, 3.05) is 91.6 Å². The van der Waals surface area contributed by atoms with Gasteiger partial charge in [0, 0.05) is 45.8 Å². The van der Waals surface area contributed by atoms with Gasteiger partial charge in [-0.3, -0.25) is 19.3 Å². The zero-order chi connectivity index (χ0) is 66.2. The number of carbonyl (C=O) groups is 3. The molecule has 2 unspecified atom stereocenters. The van der Waals surface area contributed by atoms with Gasteiger partial charge in [0.2, 0.25) is 17.7 Å². The molecule has 542 valence electrons. The zero-order valence-electron chi connectivity index (χ0n) is 61.9. The number of rotatable bonds is 77. The molecule has 91 heavy (non-hydrogen) atoms. The van der Waals surface area contributed by atoms with Gasteiger partial charge in [0.1, 0.15) is 0 Å². The minimum Gasteiger partial charge on any atom is -0.390 e. The molecule has 2 atom stereocenters. The Labute approximate surface area is 567 Å². The monoisotopic (exact) mass is 1290 g/mol. The fraction of sp³-hybridized carbons (Fsp3) is 0.962. The molecule has 3 amide bonds. The molecule has 0 radical (unpaired) electrons. The minimum atomic E-state index is -0.705. The number of carbonyl (C=O) groups excluding carboxylic acids is 3. The van der Waals surface area contributed by atoms with Crippen LogP contribution in [0.5, 0.6) is 0 Å². The molecular weight excluding hydrogens is 1130 g/mol. The number of nitrogens with one attached hydrogen (secondary N) is 4. The van der Waals surface area contributed by atoms with Crippen molar-refractivity contribution < 1.29 is 24.6 Å². The second kappa shape index (κ2) is 74.0. The Hall–Kier alpha value is -1.83. The van der Waals surface area contributed by atoms with Crippen LogP contribution in [0.2, 0.25) is 0 Å². The van der Waals surface area contributed by atoms with Crippen LogP contribution in [0.1, 0.15) is 388 Å². The molecular formula is C79H161N7O5. The van der Waals surface area contributed by atoms with E-state index in [2.05, 4.69) is 65.7 Å². The van der Waals surface area contributed by atoms with Crippen molar-refractivity contribution in [2.24, 2.45) is 0 Å². The standard InChI is InChI=1S/C79H161N7O5/c1-6-11-16-21-26-31-35-37-42-47-52-57-64-84(70-75(87)68-80-69-77(89)81-61-54-49-45-40-33-28-23-18-13-8-3)66-59-60-67-85(65-58-53-48-43-38-36-32-27-22-17-12-7-2)71-76(88)72-86(73-78(90)82-62-55-50-44-39-30-25-20-15-10-5)74-79(91)83-63-56-51-46-41-34-29-24-19-14-9-4/h75-76,80,87-88H,6-74H2,1-5H3,(H,81,89)(H,82,90)(H,83,91). The molecule has 0 heterocycles. The van der Waals surface area contributed by atoms with Gasteiger partial charge in [-0.25, -0.2) is 0 Å². The number of amides is 3. The molecule has 0 aliphatic heterocycles. The lowest BCUT2D eigenvalue weighted by Crippen LogP contribution is -2.48. The van der Waals surface area contributed by atoms with Gasteiger partial charge < -0.3 is 41.3 Å². The Kier molecular flexibility index (Phi) is 72.5. The number of unbranched alkanes of at least 4 members (excludes halogenated alkanes) is 49. The third-order valence-electron chi connectivity index (χ3n) is 19.0. The molecule has 0 aliphatic carbocycles. The van der Waals surface area contributed by atoms with Gasteiger partial charge in [0.25, 0.3) is 0 Å². The van der Waals surface area contributed by atoms with Gasteiger partial charge in [-0.1, -0.05) is 343 Å². The van der Waals surface area contributed by atoms with Gasteiger partial charge >= 0.3 is 0 Å². The first-order valence-corrected chi connectivity index (χ1v) is 40.7. The zero-order valence-corrected chi connectivity index (χ0v) is 61.9. The largest absolute Gasteiger partial charge is 0.390 e. The Balaban J connectivity index is 5.77. The van der Waals surface area contributed by atoms with E-state index in [0.717, 1.165) is 96.9 Å². The van der Waals surface area contributed by atoms with E-state index in [0.29, 0.717) is 32.7 Å². The summed E-state index contributed by atoms with van der Waals surface area (Å²) in [6, 6.07) is 0. The summed E-state index contributed by atoms with van der Waals surface area (Å²) in [6.07, 6.45) is 68.5. The van der Waals surface area contributed by atoms with Gasteiger partial charge in [-0.2, -0.15) is 0 Å². The van der Waals surface area contributed by atoms with E-state index in [1.54, 1.807) is 0 Å². The number of hydrogen-bond donors (Lipinski definition) is 6. The minimum absolute atomic E-state index is 0.00717. The molecule has 0 saturated heterocycles. The fourth-order valence-corrected chi connectivity index (χ4v) is 13.1. The van der Waals surface area contributed by atoms with Crippen molar-refractivity contribution in [1.29, 1.82) is 0 Å². The van der Waals surface area contributed by atoms with Gasteiger partial charge in [-0.05, 0) is 71.1 Å². The Morgan fingerprint density at radius 2 is 0.473 bits per heavy atom. The molecule has 12 heteroatoms. The van der Waals surface area contributed by atoms with Crippen LogP contribution in [0.15, 0.2) is 0 Å². The summed E-state index contributed by atoms with van der Waals surface area (Å²) < 4.78 is 0. The van der Waals surface area contributed by atoms with E-state index in [9.17, 15) is 24.6 Å². The molecule has 0 aromatic carbocycles. The van der Waals surface area contributed by atoms with Crippen LogP contribution in [0.25, 0.3) is 0 Å². The Bertz CT molecular complexity index is 1480. The van der Waals surface area contributed by atoms with Crippen LogP contribution in [-0.2, 0) is 14.4 Å². The highest BCUT2D eigenvalue weighted by Gasteiger charge is 2.21. The average molecular weight is 1290 g/mol. The summed E-state index contributed by atoms with van der Waals surface area (Å²) in [7, 11) is 0. The fourth-order valence-electron chi connectivity index (χ4n) is 13.1. The molecule has 0 rings (SSSR count). The first-order chi connectivity index (χ1) is 44.7. The summed E-state index contributed by atoms with van der Waals surface area (Å²) in [5.41, 5.74) is 0. The molecule has 0 spiro atoms. The van der Waals surface area contributed by atoms with Crippen molar-refractivity contribution in [3.8, 4) is 0 Å². The number of aliphatic hydroxyl groups excluding tert-OH is 2. The predicted octanol–water partition coefficient (Wildman–Crippen LogP) is 19.1. The lowest BCUT2D eigenvalue weighted by atomic mass is 10.1.